The first-order chi connectivity index (χ1) is 13.0. The van der Waals surface area contributed by atoms with Crippen molar-refractivity contribution < 1.29 is 14.2 Å². The summed E-state index contributed by atoms with van der Waals surface area (Å²) >= 11 is 6.25. The summed E-state index contributed by atoms with van der Waals surface area (Å²) in [6.07, 6.45) is 0.677. The summed E-state index contributed by atoms with van der Waals surface area (Å²) in [5, 5.41) is 7.71. The maximum absolute atomic E-state index is 6.25. The van der Waals surface area contributed by atoms with E-state index in [1.165, 1.54) is 0 Å². The van der Waals surface area contributed by atoms with Crippen molar-refractivity contribution in [2.24, 2.45) is 11.0 Å². The molecule has 6 heteroatoms. The van der Waals surface area contributed by atoms with Crippen molar-refractivity contribution in [3.63, 3.8) is 0 Å². The molecule has 5 nitrogen and oxygen atoms in total. The highest BCUT2D eigenvalue weighted by molar-refractivity contribution is 6.30. The van der Waals surface area contributed by atoms with Gasteiger partial charge in [0.05, 0.1) is 26.0 Å². The molecular weight excluding hydrogens is 364 g/mol. The fourth-order valence-electron chi connectivity index (χ4n) is 3.72. The summed E-state index contributed by atoms with van der Waals surface area (Å²) in [5.41, 5.74) is 3.11. The van der Waals surface area contributed by atoms with Crippen molar-refractivity contribution in [1.29, 1.82) is 0 Å². The third kappa shape index (κ3) is 3.10. The Labute approximate surface area is 164 Å². The molecule has 142 valence electrons. The van der Waals surface area contributed by atoms with Gasteiger partial charge in [-0.3, -0.25) is 0 Å². The van der Waals surface area contributed by atoms with Gasteiger partial charge >= 0.3 is 0 Å². The molecule has 2 aromatic carbocycles. The predicted molar refractivity (Wildman–Crippen MR) is 106 cm³/mol. The van der Waals surface area contributed by atoms with Crippen LogP contribution in [0.3, 0.4) is 0 Å². The normalized spacial score (nSPS) is 20.7. The smallest absolute Gasteiger partial charge is 0.190 e. The fraction of sp³-hybridized carbons (Fsp3) is 0.381. The number of methoxy groups -OCH3 is 2. The Balaban J connectivity index is 1.74. The van der Waals surface area contributed by atoms with Crippen LogP contribution < -0.4 is 14.2 Å². The predicted octanol–water partition coefficient (Wildman–Crippen LogP) is 4.88. The van der Waals surface area contributed by atoms with Crippen molar-refractivity contribution in [2.45, 2.75) is 32.5 Å². The number of hydrogen-bond donors (Lipinski definition) is 0. The van der Waals surface area contributed by atoms with Crippen LogP contribution in [0.1, 0.15) is 37.4 Å². The lowest BCUT2D eigenvalue weighted by atomic mass is 9.95. The molecule has 0 saturated heterocycles. The lowest BCUT2D eigenvalue weighted by Gasteiger charge is -2.40. The fourth-order valence-corrected chi connectivity index (χ4v) is 3.90. The van der Waals surface area contributed by atoms with E-state index in [0.29, 0.717) is 22.4 Å². The van der Waals surface area contributed by atoms with Crippen LogP contribution in [0.4, 0.5) is 0 Å². The summed E-state index contributed by atoms with van der Waals surface area (Å²) in [5.74, 6) is 2.59. The monoisotopic (exact) mass is 386 g/mol. The van der Waals surface area contributed by atoms with E-state index in [4.69, 9.17) is 30.9 Å². The molecule has 0 aromatic heterocycles. The number of hydrazone groups is 1. The number of halogens is 1. The summed E-state index contributed by atoms with van der Waals surface area (Å²) < 4.78 is 17.0. The highest BCUT2D eigenvalue weighted by Crippen LogP contribution is 2.45. The highest BCUT2D eigenvalue weighted by Gasteiger charge is 2.41. The molecule has 0 fully saturated rings. The van der Waals surface area contributed by atoms with E-state index in [0.717, 1.165) is 29.0 Å². The van der Waals surface area contributed by atoms with Gasteiger partial charge in [-0.15, -0.1) is 0 Å². The zero-order valence-electron chi connectivity index (χ0n) is 15.9. The van der Waals surface area contributed by atoms with Gasteiger partial charge in [0, 0.05) is 28.5 Å². The van der Waals surface area contributed by atoms with E-state index < -0.39 is 0 Å². The zero-order valence-corrected chi connectivity index (χ0v) is 16.7. The first kappa shape index (κ1) is 18.0. The number of nitrogens with zero attached hydrogens (tertiary/aromatic N) is 2. The molecular formula is C21H23ClN2O3. The van der Waals surface area contributed by atoms with Gasteiger partial charge in [0.25, 0.3) is 0 Å². The lowest BCUT2D eigenvalue weighted by molar-refractivity contribution is -0.0461. The molecule has 2 aliphatic heterocycles. The van der Waals surface area contributed by atoms with E-state index in [1.54, 1.807) is 14.2 Å². The van der Waals surface area contributed by atoms with Crippen molar-refractivity contribution in [2.75, 3.05) is 14.2 Å². The van der Waals surface area contributed by atoms with Crippen LogP contribution >= 0.6 is 11.6 Å². The highest BCUT2D eigenvalue weighted by atomic mass is 35.5. The van der Waals surface area contributed by atoms with Gasteiger partial charge in [0.1, 0.15) is 5.75 Å². The van der Waals surface area contributed by atoms with Crippen LogP contribution in [0.2, 0.25) is 5.02 Å². The Kier molecular flexibility index (Phi) is 4.64. The van der Waals surface area contributed by atoms with Crippen LogP contribution in [-0.2, 0) is 0 Å². The maximum atomic E-state index is 6.25. The van der Waals surface area contributed by atoms with Gasteiger partial charge in [-0.25, -0.2) is 5.01 Å². The van der Waals surface area contributed by atoms with Crippen LogP contribution in [0, 0.1) is 5.92 Å². The quantitative estimate of drug-likeness (QED) is 0.750. The molecule has 0 N–H and O–H groups in total. The van der Waals surface area contributed by atoms with E-state index in [2.05, 4.69) is 18.9 Å². The minimum absolute atomic E-state index is 0.110. The molecule has 4 rings (SSSR count). The second kappa shape index (κ2) is 6.97. The number of ether oxygens (including phenoxy) is 3. The number of benzene rings is 2. The summed E-state index contributed by atoms with van der Waals surface area (Å²) in [6.45, 7) is 4.29. The summed E-state index contributed by atoms with van der Waals surface area (Å²) in [7, 11) is 3.28. The second-order valence-electron chi connectivity index (χ2n) is 7.15. The Morgan fingerprint density at radius 2 is 1.89 bits per heavy atom. The number of rotatable bonds is 4. The second-order valence-corrected chi connectivity index (χ2v) is 7.59. The van der Waals surface area contributed by atoms with Crippen molar-refractivity contribution >= 4 is 17.3 Å². The maximum Gasteiger partial charge on any atom is 0.190 e. The van der Waals surface area contributed by atoms with Crippen LogP contribution in [0.15, 0.2) is 41.5 Å². The first-order valence-corrected chi connectivity index (χ1v) is 9.44. The lowest BCUT2D eigenvalue weighted by Crippen LogP contribution is -2.43. The minimum Gasteiger partial charge on any atom is -0.493 e. The molecule has 27 heavy (non-hydrogen) atoms. The first-order valence-electron chi connectivity index (χ1n) is 9.06. The summed E-state index contributed by atoms with van der Waals surface area (Å²) in [4.78, 5) is 0. The van der Waals surface area contributed by atoms with Crippen molar-refractivity contribution in [3.05, 3.63) is 52.5 Å². The van der Waals surface area contributed by atoms with Crippen LogP contribution in [0.25, 0.3) is 0 Å². The molecule has 2 heterocycles. The molecule has 2 aromatic rings. The Bertz CT molecular complexity index is 897. The number of fused-ring (bicyclic) bond motifs is 3. The largest absolute Gasteiger partial charge is 0.493 e. The van der Waals surface area contributed by atoms with E-state index >= 15 is 0 Å². The molecule has 2 aliphatic rings. The Hall–Kier alpha value is -2.40. The minimum atomic E-state index is -0.110. The molecule has 0 radical (unpaired) electrons. The molecule has 2 atom stereocenters. The third-order valence-corrected chi connectivity index (χ3v) is 5.30. The molecule has 0 amide bonds. The average molecular weight is 387 g/mol. The van der Waals surface area contributed by atoms with Crippen LogP contribution in [0.5, 0.6) is 17.2 Å². The van der Waals surface area contributed by atoms with Crippen LogP contribution in [-0.4, -0.2) is 31.2 Å². The molecule has 0 bridgehead atoms. The molecule has 0 unspecified atom stereocenters. The SMILES string of the molecule is COc1ccc(C2=NN3[C@@H](C(C)C)Oc4ccc(Cl)cc4[C@@H]3C2)cc1OC. The van der Waals surface area contributed by atoms with E-state index in [-0.39, 0.29) is 12.3 Å². The standard InChI is InChI=1S/C21H23ClN2O3/c1-12(2)21-24-17(15-10-14(22)6-8-18(15)27-21)11-16(23-24)13-5-7-19(25-3)20(9-13)26-4/h5-10,12,17,21H,11H2,1-4H3/t17-,21+/m0/s1. The van der Waals surface area contributed by atoms with Crippen molar-refractivity contribution in [3.8, 4) is 17.2 Å². The Morgan fingerprint density at radius 1 is 1.11 bits per heavy atom. The summed E-state index contributed by atoms with van der Waals surface area (Å²) in [6, 6.07) is 11.8. The Morgan fingerprint density at radius 3 is 2.59 bits per heavy atom. The van der Waals surface area contributed by atoms with Gasteiger partial charge < -0.3 is 14.2 Å². The number of hydrogen-bond acceptors (Lipinski definition) is 5. The average Bonchev–Trinajstić information content (AvgIpc) is 3.12. The van der Waals surface area contributed by atoms with Gasteiger partial charge in [-0.05, 0) is 36.4 Å². The van der Waals surface area contributed by atoms with Gasteiger partial charge in [0.2, 0.25) is 0 Å². The van der Waals surface area contributed by atoms with Gasteiger partial charge in [-0.2, -0.15) is 5.10 Å². The molecule has 0 spiro atoms. The molecule has 0 aliphatic carbocycles. The van der Waals surface area contributed by atoms with Gasteiger partial charge in [0.15, 0.2) is 17.7 Å². The van der Waals surface area contributed by atoms with Gasteiger partial charge in [-0.1, -0.05) is 25.4 Å². The zero-order chi connectivity index (χ0) is 19.1. The topological polar surface area (TPSA) is 43.3 Å². The van der Waals surface area contributed by atoms with Crippen molar-refractivity contribution in [1.82, 2.24) is 5.01 Å². The van der Waals surface area contributed by atoms with E-state index in [1.807, 2.05) is 36.4 Å². The van der Waals surface area contributed by atoms with E-state index in [9.17, 15) is 0 Å². The molecule has 0 saturated carbocycles. The third-order valence-electron chi connectivity index (χ3n) is 5.07.